The van der Waals surface area contributed by atoms with Gasteiger partial charge in [-0.05, 0) is 30.9 Å². The molecule has 2 unspecified atom stereocenters. The Hall–Kier alpha value is -1.35. The summed E-state index contributed by atoms with van der Waals surface area (Å²) in [7, 11) is 0. The van der Waals surface area contributed by atoms with Gasteiger partial charge in [0.15, 0.2) is 0 Å². The maximum absolute atomic E-state index is 11.8. The van der Waals surface area contributed by atoms with Crippen LogP contribution in [0.1, 0.15) is 68.7 Å². The topological polar surface area (TPSA) is 49.3 Å². The molecule has 3 heteroatoms. The van der Waals surface area contributed by atoms with Crippen molar-refractivity contribution >= 4 is 11.6 Å². The maximum atomic E-state index is 11.8. The first kappa shape index (κ1) is 14.1. The summed E-state index contributed by atoms with van der Waals surface area (Å²) in [5, 5.41) is 13.3. The van der Waals surface area contributed by atoms with Crippen molar-refractivity contribution < 1.29 is 9.90 Å². The number of unbranched alkanes of at least 4 members (excludes halogenated alkanes) is 1. The molecule has 1 heterocycles. The van der Waals surface area contributed by atoms with Gasteiger partial charge in [0, 0.05) is 5.56 Å². The van der Waals surface area contributed by atoms with Gasteiger partial charge in [0.2, 0.25) is 5.91 Å². The molecule has 0 spiro atoms. The van der Waals surface area contributed by atoms with E-state index in [-0.39, 0.29) is 11.8 Å². The molecule has 3 nitrogen and oxygen atoms in total. The van der Waals surface area contributed by atoms with Crippen LogP contribution in [0.5, 0.6) is 0 Å². The normalized spacial score (nSPS) is 19.2. The molecule has 0 radical (unpaired) electrons. The van der Waals surface area contributed by atoms with Crippen LogP contribution in [0.25, 0.3) is 0 Å². The quantitative estimate of drug-likeness (QED) is 0.852. The number of hydrogen-bond donors (Lipinski definition) is 2. The fourth-order valence-corrected chi connectivity index (χ4v) is 2.63. The van der Waals surface area contributed by atoms with E-state index in [9.17, 15) is 9.90 Å². The maximum Gasteiger partial charge on any atom is 0.231 e. The van der Waals surface area contributed by atoms with Gasteiger partial charge < -0.3 is 10.4 Å². The summed E-state index contributed by atoms with van der Waals surface area (Å²) < 4.78 is 0. The third-order valence-corrected chi connectivity index (χ3v) is 3.97. The second kappa shape index (κ2) is 5.74. The van der Waals surface area contributed by atoms with Crippen LogP contribution in [0.15, 0.2) is 12.1 Å². The summed E-state index contributed by atoms with van der Waals surface area (Å²) >= 11 is 0. The molecule has 0 fully saturated rings. The molecule has 2 N–H and O–H groups in total. The number of amides is 1. The Morgan fingerprint density at radius 2 is 2.11 bits per heavy atom. The zero-order chi connectivity index (χ0) is 14.0. The molecule has 19 heavy (non-hydrogen) atoms. The highest BCUT2D eigenvalue weighted by Gasteiger charge is 2.30. The number of hydrogen-bond acceptors (Lipinski definition) is 2. The van der Waals surface area contributed by atoms with Crippen molar-refractivity contribution in [2.75, 3.05) is 5.32 Å². The zero-order valence-corrected chi connectivity index (χ0v) is 12.0. The molecule has 104 valence electrons. The number of aliphatic hydroxyl groups is 1. The molecule has 2 rings (SSSR count). The monoisotopic (exact) mass is 261 g/mol. The minimum atomic E-state index is -0.481. The van der Waals surface area contributed by atoms with Gasteiger partial charge in [-0.1, -0.05) is 38.8 Å². The number of carbonyl (C=O) groups is 1. The standard InChI is InChI=1S/C16H23NO2/c1-4-6-7-14(18)13-9-11(5-2)8-12-10(3)16(19)17-15(12)13/h8-10,14,18H,4-7H2,1-3H3,(H,17,19). The zero-order valence-electron chi connectivity index (χ0n) is 12.0. The van der Waals surface area contributed by atoms with Gasteiger partial charge in [-0.3, -0.25) is 4.79 Å². The van der Waals surface area contributed by atoms with Crippen molar-refractivity contribution in [2.24, 2.45) is 0 Å². The fraction of sp³-hybridized carbons (Fsp3) is 0.562. The molecular weight excluding hydrogens is 238 g/mol. The Kier molecular flexibility index (Phi) is 4.25. The van der Waals surface area contributed by atoms with E-state index in [0.29, 0.717) is 0 Å². The minimum Gasteiger partial charge on any atom is -0.388 e. The molecule has 1 aromatic rings. The molecule has 0 aliphatic carbocycles. The van der Waals surface area contributed by atoms with Gasteiger partial charge in [-0.15, -0.1) is 0 Å². The van der Waals surface area contributed by atoms with E-state index in [4.69, 9.17) is 0 Å². The van der Waals surface area contributed by atoms with Gasteiger partial charge in [-0.2, -0.15) is 0 Å². The van der Waals surface area contributed by atoms with E-state index >= 15 is 0 Å². The van der Waals surface area contributed by atoms with Crippen molar-refractivity contribution in [1.29, 1.82) is 0 Å². The second-order valence-corrected chi connectivity index (χ2v) is 5.37. The van der Waals surface area contributed by atoms with Crippen molar-refractivity contribution in [3.8, 4) is 0 Å². The van der Waals surface area contributed by atoms with Crippen LogP contribution in [0.3, 0.4) is 0 Å². The smallest absolute Gasteiger partial charge is 0.231 e. The van der Waals surface area contributed by atoms with Crippen molar-refractivity contribution in [3.63, 3.8) is 0 Å². The first-order valence-electron chi connectivity index (χ1n) is 7.24. The van der Waals surface area contributed by atoms with Crippen LogP contribution in [0.2, 0.25) is 0 Å². The lowest BCUT2D eigenvalue weighted by molar-refractivity contribution is -0.116. The summed E-state index contributed by atoms with van der Waals surface area (Å²) in [6, 6.07) is 4.13. The van der Waals surface area contributed by atoms with Crippen LogP contribution in [-0.2, 0) is 11.2 Å². The number of anilines is 1. The Balaban J connectivity index is 2.40. The summed E-state index contributed by atoms with van der Waals surface area (Å²) in [4.78, 5) is 11.8. The Labute approximate surface area is 115 Å². The molecular formula is C16H23NO2. The van der Waals surface area contributed by atoms with Crippen LogP contribution in [0.4, 0.5) is 5.69 Å². The Morgan fingerprint density at radius 1 is 1.37 bits per heavy atom. The lowest BCUT2D eigenvalue weighted by Gasteiger charge is -2.16. The average molecular weight is 261 g/mol. The summed E-state index contributed by atoms with van der Waals surface area (Å²) in [5.74, 6) is -0.0779. The molecule has 1 amide bonds. The number of aliphatic hydroxyl groups excluding tert-OH is 1. The van der Waals surface area contributed by atoms with E-state index in [0.717, 1.165) is 42.5 Å². The van der Waals surface area contributed by atoms with Gasteiger partial charge in [0.1, 0.15) is 0 Å². The highest BCUT2D eigenvalue weighted by molar-refractivity contribution is 6.03. The van der Waals surface area contributed by atoms with Gasteiger partial charge in [-0.25, -0.2) is 0 Å². The lowest BCUT2D eigenvalue weighted by atomic mass is 9.92. The SMILES string of the molecule is CCCCC(O)c1cc(CC)cc2c1NC(=O)C2C. The van der Waals surface area contributed by atoms with E-state index in [1.165, 1.54) is 5.56 Å². The van der Waals surface area contributed by atoms with Gasteiger partial charge in [0.25, 0.3) is 0 Å². The number of rotatable bonds is 5. The van der Waals surface area contributed by atoms with E-state index in [1.807, 2.05) is 13.0 Å². The number of benzene rings is 1. The molecule has 1 aliphatic rings. The average Bonchev–Trinajstić information content (AvgIpc) is 2.71. The lowest BCUT2D eigenvalue weighted by Crippen LogP contribution is -2.09. The molecule has 2 atom stereocenters. The highest BCUT2D eigenvalue weighted by Crippen LogP contribution is 2.39. The summed E-state index contributed by atoms with van der Waals surface area (Å²) in [6.07, 6.45) is 3.25. The Morgan fingerprint density at radius 3 is 2.74 bits per heavy atom. The largest absolute Gasteiger partial charge is 0.388 e. The summed E-state index contributed by atoms with van der Waals surface area (Å²) in [5.41, 5.74) is 3.96. The molecule has 0 saturated carbocycles. The van der Waals surface area contributed by atoms with Gasteiger partial charge in [0.05, 0.1) is 17.7 Å². The van der Waals surface area contributed by atoms with E-state index in [2.05, 4.69) is 25.2 Å². The third-order valence-electron chi connectivity index (χ3n) is 3.97. The first-order chi connectivity index (χ1) is 9.08. The van der Waals surface area contributed by atoms with Crippen LogP contribution >= 0.6 is 0 Å². The second-order valence-electron chi connectivity index (χ2n) is 5.37. The van der Waals surface area contributed by atoms with E-state index < -0.39 is 6.10 Å². The molecule has 0 saturated heterocycles. The number of nitrogens with one attached hydrogen (secondary N) is 1. The van der Waals surface area contributed by atoms with Crippen LogP contribution in [0, 0.1) is 0 Å². The predicted octanol–water partition coefficient (Wildman–Crippen LogP) is 3.53. The Bertz CT molecular complexity index is 482. The number of aryl methyl sites for hydroxylation is 1. The number of fused-ring (bicyclic) bond motifs is 1. The minimum absolute atomic E-state index is 0.0344. The molecule has 0 aromatic heterocycles. The molecule has 1 aromatic carbocycles. The van der Waals surface area contributed by atoms with E-state index in [1.54, 1.807) is 0 Å². The fourth-order valence-electron chi connectivity index (χ4n) is 2.63. The summed E-state index contributed by atoms with van der Waals surface area (Å²) in [6.45, 7) is 6.13. The van der Waals surface area contributed by atoms with Gasteiger partial charge >= 0.3 is 0 Å². The highest BCUT2D eigenvalue weighted by atomic mass is 16.3. The van der Waals surface area contributed by atoms with Crippen molar-refractivity contribution in [3.05, 3.63) is 28.8 Å². The van der Waals surface area contributed by atoms with Crippen molar-refractivity contribution in [1.82, 2.24) is 0 Å². The third kappa shape index (κ3) is 2.66. The van der Waals surface area contributed by atoms with Crippen LogP contribution < -0.4 is 5.32 Å². The van der Waals surface area contributed by atoms with Crippen molar-refractivity contribution in [2.45, 2.75) is 58.5 Å². The molecule has 1 aliphatic heterocycles. The number of carbonyl (C=O) groups excluding carboxylic acids is 1. The first-order valence-corrected chi connectivity index (χ1v) is 7.24. The molecule has 0 bridgehead atoms. The predicted molar refractivity (Wildman–Crippen MR) is 77.3 cm³/mol. The van der Waals surface area contributed by atoms with Crippen LogP contribution in [-0.4, -0.2) is 11.0 Å².